The highest BCUT2D eigenvalue weighted by Gasteiger charge is 2.29. The molecule has 1 aromatic rings. The van der Waals surface area contributed by atoms with Gasteiger partial charge in [0.2, 0.25) is 0 Å². The molecule has 4 nitrogen and oxygen atoms in total. The van der Waals surface area contributed by atoms with Crippen LogP contribution in [0.4, 0.5) is 5.69 Å². The summed E-state index contributed by atoms with van der Waals surface area (Å²) in [7, 11) is 0. The van der Waals surface area contributed by atoms with Gasteiger partial charge in [-0.3, -0.25) is 4.79 Å². The lowest BCUT2D eigenvalue weighted by Crippen LogP contribution is -2.30. The minimum Gasteiger partial charge on any atom is -0.397 e. The molecule has 1 aromatic heterocycles. The predicted octanol–water partition coefficient (Wildman–Crippen LogP) is 2.44. The highest BCUT2D eigenvalue weighted by molar-refractivity contribution is 6.29. The molecule has 0 aromatic carbocycles. The fourth-order valence-corrected chi connectivity index (χ4v) is 2.47. The molecular weight excluding hydrogens is 250 g/mol. The summed E-state index contributed by atoms with van der Waals surface area (Å²) < 4.78 is 0. The van der Waals surface area contributed by atoms with Gasteiger partial charge in [0.15, 0.2) is 0 Å². The Morgan fingerprint density at radius 1 is 1.61 bits per heavy atom. The molecular formula is C13H18ClN3O. The fourth-order valence-electron chi connectivity index (χ4n) is 2.31. The maximum Gasteiger partial charge on any atom is 0.256 e. The van der Waals surface area contributed by atoms with Crippen molar-refractivity contribution in [3.8, 4) is 0 Å². The van der Waals surface area contributed by atoms with Gasteiger partial charge in [0.05, 0.1) is 17.4 Å². The quantitative estimate of drug-likeness (QED) is 0.838. The van der Waals surface area contributed by atoms with Gasteiger partial charge in [0, 0.05) is 13.1 Å². The van der Waals surface area contributed by atoms with Crippen molar-refractivity contribution in [2.24, 2.45) is 11.8 Å². The summed E-state index contributed by atoms with van der Waals surface area (Å²) >= 11 is 5.81. The van der Waals surface area contributed by atoms with Crippen LogP contribution in [0.15, 0.2) is 12.3 Å². The van der Waals surface area contributed by atoms with Gasteiger partial charge in [0.25, 0.3) is 5.91 Å². The number of hydrogen-bond acceptors (Lipinski definition) is 3. The highest BCUT2D eigenvalue weighted by atomic mass is 35.5. The Kier molecular flexibility index (Phi) is 3.76. The standard InChI is InChI=1S/C13H18ClN3O/c1-8(2)9-3-4-17(7-9)13(18)10-5-12(14)16-6-11(10)15/h5-6,8-9H,3-4,7,15H2,1-2H3. The molecule has 0 radical (unpaired) electrons. The predicted molar refractivity (Wildman–Crippen MR) is 72.5 cm³/mol. The molecule has 1 unspecified atom stereocenters. The average molecular weight is 268 g/mol. The summed E-state index contributed by atoms with van der Waals surface area (Å²) in [4.78, 5) is 18.1. The van der Waals surface area contributed by atoms with E-state index in [2.05, 4.69) is 18.8 Å². The Balaban J connectivity index is 2.15. The Morgan fingerprint density at radius 3 is 2.94 bits per heavy atom. The SMILES string of the molecule is CC(C)C1CCN(C(=O)c2cc(Cl)ncc2N)C1. The fraction of sp³-hybridized carbons (Fsp3) is 0.538. The molecule has 0 saturated carbocycles. The van der Waals surface area contributed by atoms with E-state index in [9.17, 15) is 4.79 Å². The molecule has 1 amide bonds. The number of hydrogen-bond donors (Lipinski definition) is 1. The van der Waals surface area contributed by atoms with Crippen molar-refractivity contribution in [3.63, 3.8) is 0 Å². The molecule has 1 aliphatic heterocycles. The number of carbonyl (C=O) groups is 1. The number of anilines is 1. The minimum atomic E-state index is -0.0417. The number of aromatic nitrogens is 1. The third kappa shape index (κ3) is 2.58. The first kappa shape index (κ1) is 13.1. The van der Waals surface area contributed by atoms with Crippen LogP contribution in [0.5, 0.6) is 0 Å². The largest absolute Gasteiger partial charge is 0.397 e. The van der Waals surface area contributed by atoms with Crippen molar-refractivity contribution in [1.29, 1.82) is 0 Å². The molecule has 2 N–H and O–H groups in total. The van der Waals surface area contributed by atoms with Gasteiger partial charge >= 0.3 is 0 Å². The zero-order valence-corrected chi connectivity index (χ0v) is 11.4. The van der Waals surface area contributed by atoms with Crippen molar-refractivity contribution in [2.75, 3.05) is 18.8 Å². The number of carbonyl (C=O) groups excluding carboxylic acids is 1. The second-order valence-corrected chi connectivity index (χ2v) is 5.53. The maximum absolute atomic E-state index is 12.3. The summed E-state index contributed by atoms with van der Waals surface area (Å²) in [6.45, 7) is 5.98. The minimum absolute atomic E-state index is 0.0417. The van der Waals surface area contributed by atoms with Crippen LogP contribution in [0, 0.1) is 11.8 Å². The molecule has 1 atom stereocenters. The average Bonchev–Trinajstić information content (AvgIpc) is 2.81. The van der Waals surface area contributed by atoms with Gasteiger partial charge in [-0.2, -0.15) is 0 Å². The van der Waals surface area contributed by atoms with Crippen LogP contribution in [0.2, 0.25) is 5.15 Å². The normalized spacial score (nSPS) is 19.6. The summed E-state index contributed by atoms with van der Waals surface area (Å²) in [5.41, 5.74) is 6.63. The molecule has 1 saturated heterocycles. The highest BCUT2D eigenvalue weighted by Crippen LogP contribution is 2.26. The van der Waals surface area contributed by atoms with Crippen molar-refractivity contribution < 1.29 is 4.79 Å². The number of nitrogens with two attached hydrogens (primary N) is 1. The molecule has 18 heavy (non-hydrogen) atoms. The number of nitrogens with zero attached hydrogens (tertiary/aromatic N) is 2. The third-order valence-electron chi connectivity index (χ3n) is 3.59. The third-order valence-corrected chi connectivity index (χ3v) is 3.79. The monoisotopic (exact) mass is 267 g/mol. The molecule has 98 valence electrons. The lowest BCUT2D eigenvalue weighted by Gasteiger charge is -2.19. The van der Waals surface area contributed by atoms with Crippen LogP contribution >= 0.6 is 11.6 Å². The number of nitrogen functional groups attached to an aromatic ring is 1. The smallest absolute Gasteiger partial charge is 0.256 e. The van der Waals surface area contributed by atoms with Crippen molar-refractivity contribution >= 4 is 23.2 Å². The summed E-state index contributed by atoms with van der Waals surface area (Å²) in [6, 6.07) is 1.54. The number of pyridine rings is 1. The van der Waals surface area contributed by atoms with Crippen LogP contribution in [0.3, 0.4) is 0 Å². The van der Waals surface area contributed by atoms with E-state index in [0.717, 1.165) is 19.5 Å². The van der Waals surface area contributed by atoms with Crippen LogP contribution in [0.25, 0.3) is 0 Å². The van der Waals surface area contributed by atoms with Gasteiger partial charge in [-0.15, -0.1) is 0 Å². The zero-order valence-electron chi connectivity index (χ0n) is 10.7. The molecule has 0 aliphatic carbocycles. The van der Waals surface area contributed by atoms with Crippen molar-refractivity contribution in [1.82, 2.24) is 9.88 Å². The Bertz CT molecular complexity index is 462. The maximum atomic E-state index is 12.3. The first-order valence-electron chi connectivity index (χ1n) is 6.19. The topological polar surface area (TPSA) is 59.2 Å². The first-order valence-corrected chi connectivity index (χ1v) is 6.57. The molecule has 1 fully saturated rings. The van der Waals surface area contributed by atoms with Crippen LogP contribution in [-0.2, 0) is 0 Å². The number of amides is 1. The van der Waals surface area contributed by atoms with Gasteiger partial charge in [-0.25, -0.2) is 4.98 Å². The van der Waals surface area contributed by atoms with Gasteiger partial charge < -0.3 is 10.6 Å². The Labute approximate surface area is 112 Å². The molecule has 2 rings (SSSR count). The van der Waals surface area contributed by atoms with E-state index in [1.54, 1.807) is 6.07 Å². The van der Waals surface area contributed by atoms with E-state index in [4.69, 9.17) is 17.3 Å². The van der Waals surface area contributed by atoms with E-state index in [0.29, 0.717) is 28.2 Å². The Morgan fingerprint density at radius 2 is 2.33 bits per heavy atom. The van der Waals surface area contributed by atoms with Crippen molar-refractivity contribution in [2.45, 2.75) is 20.3 Å². The summed E-state index contributed by atoms with van der Waals surface area (Å²) in [5, 5.41) is 0.298. The second kappa shape index (κ2) is 5.14. The van der Waals surface area contributed by atoms with Gasteiger partial charge in [-0.1, -0.05) is 25.4 Å². The van der Waals surface area contributed by atoms with E-state index in [-0.39, 0.29) is 5.91 Å². The van der Waals surface area contributed by atoms with Crippen LogP contribution < -0.4 is 5.73 Å². The molecule has 1 aliphatic rings. The number of rotatable bonds is 2. The van der Waals surface area contributed by atoms with Crippen LogP contribution in [0.1, 0.15) is 30.6 Å². The number of halogens is 1. The van der Waals surface area contributed by atoms with E-state index in [1.165, 1.54) is 6.20 Å². The van der Waals surface area contributed by atoms with E-state index in [1.807, 2.05) is 4.90 Å². The molecule has 0 bridgehead atoms. The number of likely N-dealkylation sites (tertiary alicyclic amines) is 1. The van der Waals surface area contributed by atoms with E-state index >= 15 is 0 Å². The van der Waals surface area contributed by atoms with Gasteiger partial charge in [-0.05, 0) is 24.3 Å². The van der Waals surface area contributed by atoms with E-state index < -0.39 is 0 Å². The zero-order chi connectivity index (χ0) is 13.3. The second-order valence-electron chi connectivity index (χ2n) is 5.14. The lowest BCUT2D eigenvalue weighted by molar-refractivity contribution is 0.0785. The first-order chi connectivity index (χ1) is 8.49. The van der Waals surface area contributed by atoms with Crippen LogP contribution in [-0.4, -0.2) is 28.9 Å². The van der Waals surface area contributed by atoms with Gasteiger partial charge in [0.1, 0.15) is 5.15 Å². The molecule has 0 spiro atoms. The lowest BCUT2D eigenvalue weighted by atomic mass is 9.95. The molecule has 5 heteroatoms. The Hall–Kier alpha value is -1.29. The molecule has 2 heterocycles. The summed E-state index contributed by atoms with van der Waals surface area (Å²) in [6.07, 6.45) is 2.49. The van der Waals surface area contributed by atoms with Crippen molar-refractivity contribution in [3.05, 3.63) is 23.0 Å². The summed E-state index contributed by atoms with van der Waals surface area (Å²) in [5.74, 6) is 1.13.